The zero-order valence-corrected chi connectivity index (χ0v) is 11.8. The lowest BCUT2D eigenvalue weighted by molar-refractivity contribution is 0.189. The predicted octanol–water partition coefficient (Wildman–Crippen LogP) is 2.27. The Hall–Kier alpha value is -1.85. The molecule has 0 saturated heterocycles. The number of thiazole rings is 1. The van der Waals surface area contributed by atoms with Crippen molar-refractivity contribution in [2.75, 3.05) is 6.61 Å². The van der Waals surface area contributed by atoms with E-state index in [1.165, 1.54) is 5.56 Å². The van der Waals surface area contributed by atoms with Crippen molar-refractivity contribution in [1.29, 1.82) is 0 Å². The lowest BCUT2D eigenvalue weighted by Crippen LogP contribution is -2.51. The Morgan fingerprint density at radius 3 is 3.20 bits per heavy atom. The van der Waals surface area contributed by atoms with Crippen molar-refractivity contribution >= 4 is 16.3 Å². The summed E-state index contributed by atoms with van der Waals surface area (Å²) in [4.78, 5) is 5.63. The van der Waals surface area contributed by atoms with Gasteiger partial charge in [0.05, 0.1) is 11.2 Å². The molecule has 20 heavy (non-hydrogen) atoms. The van der Waals surface area contributed by atoms with Gasteiger partial charge >= 0.3 is 0 Å². The van der Waals surface area contributed by atoms with Crippen LogP contribution in [-0.4, -0.2) is 21.5 Å². The van der Waals surface area contributed by atoms with Crippen LogP contribution >= 0.6 is 11.3 Å². The van der Waals surface area contributed by atoms with Gasteiger partial charge < -0.3 is 10.5 Å². The van der Waals surface area contributed by atoms with Gasteiger partial charge in [-0.3, -0.25) is 4.40 Å². The highest BCUT2D eigenvalue weighted by molar-refractivity contribution is 7.15. The van der Waals surface area contributed by atoms with Crippen molar-refractivity contribution in [2.24, 2.45) is 5.73 Å². The van der Waals surface area contributed by atoms with Gasteiger partial charge in [-0.15, -0.1) is 11.3 Å². The topological polar surface area (TPSA) is 52.5 Å². The lowest BCUT2D eigenvalue weighted by Gasteiger charge is -2.34. The summed E-state index contributed by atoms with van der Waals surface area (Å²) in [7, 11) is 0. The lowest BCUT2D eigenvalue weighted by atomic mass is 9.86. The maximum atomic E-state index is 6.53. The monoisotopic (exact) mass is 285 g/mol. The smallest absolute Gasteiger partial charge is 0.193 e. The largest absolute Gasteiger partial charge is 0.491 e. The molecule has 0 radical (unpaired) electrons. The number of nitrogens with zero attached hydrogens (tertiary/aromatic N) is 2. The van der Waals surface area contributed by atoms with Gasteiger partial charge in [-0.1, -0.05) is 18.2 Å². The first-order chi connectivity index (χ1) is 9.72. The van der Waals surface area contributed by atoms with Crippen molar-refractivity contribution in [1.82, 2.24) is 9.38 Å². The fourth-order valence-corrected chi connectivity index (χ4v) is 3.50. The van der Waals surface area contributed by atoms with E-state index in [1.807, 2.05) is 34.2 Å². The van der Waals surface area contributed by atoms with Crippen LogP contribution in [0.5, 0.6) is 5.75 Å². The van der Waals surface area contributed by atoms with Gasteiger partial charge in [0.2, 0.25) is 0 Å². The molecule has 1 atom stereocenters. The molecule has 3 heterocycles. The van der Waals surface area contributed by atoms with E-state index >= 15 is 0 Å². The highest BCUT2D eigenvalue weighted by Crippen LogP contribution is 2.29. The molecule has 0 spiro atoms. The molecular formula is C15H15N3OS. The molecule has 2 aromatic heterocycles. The Morgan fingerprint density at radius 1 is 1.40 bits per heavy atom. The number of hydrogen-bond acceptors (Lipinski definition) is 4. The Balaban J connectivity index is 1.61. The molecule has 0 fully saturated rings. The molecule has 1 aliphatic heterocycles. The van der Waals surface area contributed by atoms with E-state index in [2.05, 4.69) is 17.2 Å². The second-order valence-corrected chi connectivity index (χ2v) is 6.31. The molecule has 1 unspecified atom stereocenters. The van der Waals surface area contributed by atoms with Crippen molar-refractivity contribution in [2.45, 2.75) is 18.4 Å². The molecule has 0 amide bonds. The summed E-state index contributed by atoms with van der Waals surface area (Å²) in [5, 5.41) is 2.03. The fourth-order valence-electron chi connectivity index (χ4n) is 2.78. The quantitative estimate of drug-likeness (QED) is 0.786. The Kier molecular flexibility index (Phi) is 2.58. The molecule has 0 bridgehead atoms. The van der Waals surface area contributed by atoms with Gasteiger partial charge in [0.25, 0.3) is 0 Å². The summed E-state index contributed by atoms with van der Waals surface area (Å²) in [6, 6.07) is 8.11. The van der Waals surface area contributed by atoms with Crippen LogP contribution in [0.2, 0.25) is 0 Å². The van der Waals surface area contributed by atoms with Gasteiger partial charge in [-0.05, 0) is 18.1 Å². The SMILES string of the molecule is NC1(Cc2cn3ccsc3n2)COc2ccccc2C1. The van der Waals surface area contributed by atoms with Crippen molar-refractivity contribution in [3.8, 4) is 5.75 Å². The van der Waals surface area contributed by atoms with E-state index in [4.69, 9.17) is 10.5 Å². The number of imidazole rings is 1. The number of ether oxygens (including phenoxy) is 1. The average Bonchev–Trinajstić information content (AvgIpc) is 2.99. The number of rotatable bonds is 2. The number of fused-ring (bicyclic) bond motifs is 2. The van der Waals surface area contributed by atoms with Crippen LogP contribution in [0.15, 0.2) is 42.0 Å². The maximum Gasteiger partial charge on any atom is 0.193 e. The number of hydrogen-bond donors (Lipinski definition) is 1. The van der Waals surface area contributed by atoms with E-state index in [-0.39, 0.29) is 5.54 Å². The van der Waals surface area contributed by atoms with Crippen molar-refractivity contribution < 1.29 is 4.74 Å². The fraction of sp³-hybridized carbons (Fsp3) is 0.267. The standard InChI is InChI=1S/C15H15N3OS/c16-15(7-11-3-1-2-4-13(11)19-10-15)8-12-9-18-5-6-20-14(18)17-12/h1-6,9H,7-8,10,16H2. The first kappa shape index (κ1) is 11.9. The van der Waals surface area contributed by atoms with Gasteiger partial charge in [0.15, 0.2) is 4.96 Å². The third kappa shape index (κ3) is 1.99. The van der Waals surface area contributed by atoms with E-state index in [0.29, 0.717) is 6.61 Å². The average molecular weight is 285 g/mol. The molecular weight excluding hydrogens is 270 g/mol. The summed E-state index contributed by atoms with van der Waals surface area (Å²) < 4.78 is 7.85. The second kappa shape index (κ2) is 4.33. The molecule has 4 rings (SSSR count). The van der Waals surface area contributed by atoms with Crippen molar-refractivity contribution in [3.05, 3.63) is 53.3 Å². The summed E-state index contributed by atoms with van der Waals surface area (Å²) in [5.41, 5.74) is 8.36. The number of benzene rings is 1. The number of para-hydroxylation sites is 1. The minimum absolute atomic E-state index is 0.377. The van der Waals surface area contributed by atoms with Gasteiger partial charge in [0, 0.05) is 24.2 Å². The predicted molar refractivity (Wildman–Crippen MR) is 79.3 cm³/mol. The van der Waals surface area contributed by atoms with Crippen LogP contribution in [0.1, 0.15) is 11.3 Å². The zero-order chi connectivity index (χ0) is 13.6. The van der Waals surface area contributed by atoms with E-state index in [0.717, 1.165) is 29.2 Å². The maximum absolute atomic E-state index is 6.53. The molecule has 2 N–H and O–H groups in total. The summed E-state index contributed by atoms with van der Waals surface area (Å²) in [6.45, 7) is 0.537. The molecule has 0 aliphatic carbocycles. The van der Waals surface area contributed by atoms with Gasteiger partial charge in [-0.2, -0.15) is 0 Å². The third-order valence-electron chi connectivity index (χ3n) is 3.71. The minimum Gasteiger partial charge on any atom is -0.491 e. The Morgan fingerprint density at radius 2 is 2.30 bits per heavy atom. The molecule has 1 aliphatic rings. The van der Waals surface area contributed by atoms with Crippen LogP contribution in [-0.2, 0) is 12.8 Å². The summed E-state index contributed by atoms with van der Waals surface area (Å²) in [5.74, 6) is 0.958. The first-order valence-electron chi connectivity index (χ1n) is 6.63. The van der Waals surface area contributed by atoms with E-state index < -0.39 is 0 Å². The summed E-state index contributed by atoms with van der Waals surface area (Å²) >= 11 is 1.64. The van der Waals surface area contributed by atoms with Gasteiger partial charge in [-0.25, -0.2) is 4.98 Å². The van der Waals surface area contributed by atoms with Crippen LogP contribution in [0.25, 0.3) is 4.96 Å². The minimum atomic E-state index is -0.377. The van der Waals surface area contributed by atoms with Crippen LogP contribution < -0.4 is 10.5 Å². The number of nitrogens with two attached hydrogens (primary N) is 1. The molecule has 102 valence electrons. The van der Waals surface area contributed by atoms with Crippen LogP contribution in [0.3, 0.4) is 0 Å². The highest BCUT2D eigenvalue weighted by Gasteiger charge is 2.32. The third-order valence-corrected chi connectivity index (χ3v) is 4.48. The Bertz CT molecular complexity index is 735. The molecule has 5 heteroatoms. The molecule has 3 aromatic rings. The van der Waals surface area contributed by atoms with Crippen LogP contribution in [0, 0.1) is 0 Å². The van der Waals surface area contributed by atoms with Crippen LogP contribution in [0.4, 0.5) is 0 Å². The molecule has 4 nitrogen and oxygen atoms in total. The second-order valence-electron chi connectivity index (χ2n) is 5.44. The Labute approximate surface area is 120 Å². The van der Waals surface area contributed by atoms with Crippen molar-refractivity contribution in [3.63, 3.8) is 0 Å². The first-order valence-corrected chi connectivity index (χ1v) is 7.51. The van der Waals surface area contributed by atoms with E-state index in [1.54, 1.807) is 11.3 Å². The van der Waals surface area contributed by atoms with Gasteiger partial charge in [0.1, 0.15) is 12.4 Å². The van der Waals surface area contributed by atoms with E-state index in [9.17, 15) is 0 Å². The summed E-state index contributed by atoms with van der Waals surface area (Å²) in [6.07, 6.45) is 5.64. The highest BCUT2D eigenvalue weighted by atomic mass is 32.1. The normalized spacial score (nSPS) is 21.6. The molecule has 1 aromatic carbocycles. The molecule has 0 saturated carbocycles. The number of aromatic nitrogens is 2. The zero-order valence-electron chi connectivity index (χ0n) is 11.0.